The van der Waals surface area contributed by atoms with Gasteiger partial charge in [0.05, 0.1) is 11.6 Å². The third-order valence-corrected chi connectivity index (χ3v) is 2.55. The number of hydrogen-bond donors (Lipinski definition) is 2. The Morgan fingerprint density at radius 1 is 1.56 bits per heavy atom. The number of nitrogens with one attached hydrogen (secondary N) is 1. The molecule has 1 aromatic rings. The fourth-order valence-corrected chi connectivity index (χ4v) is 1.44. The maximum Gasteiger partial charge on any atom is 0.260 e. The van der Waals surface area contributed by atoms with Crippen molar-refractivity contribution in [1.29, 1.82) is 0 Å². The van der Waals surface area contributed by atoms with Gasteiger partial charge in [-0.15, -0.1) is 0 Å². The van der Waals surface area contributed by atoms with E-state index in [0.717, 1.165) is 0 Å². The molecule has 0 fully saturated rings. The van der Waals surface area contributed by atoms with Gasteiger partial charge in [0, 0.05) is 25.4 Å². The zero-order chi connectivity index (χ0) is 13.5. The van der Waals surface area contributed by atoms with Crippen LogP contribution in [0.5, 0.6) is 5.75 Å². The van der Waals surface area contributed by atoms with Gasteiger partial charge in [0.1, 0.15) is 5.75 Å². The molecule has 1 rings (SSSR count). The first kappa shape index (κ1) is 14.6. The Labute approximate surface area is 111 Å². The van der Waals surface area contributed by atoms with E-state index in [0.29, 0.717) is 29.6 Å². The van der Waals surface area contributed by atoms with Crippen LogP contribution in [-0.4, -0.2) is 32.3 Å². The SMILES string of the molecule is COCCNC(=O)C(C)Oc1cc(N)ccc1Cl. The Morgan fingerprint density at radius 2 is 2.28 bits per heavy atom. The van der Waals surface area contributed by atoms with Crippen LogP contribution < -0.4 is 15.8 Å². The summed E-state index contributed by atoms with van der Waals surface area (Å²) in [5.74, 6) is 0.164. The van der Waals surface area contributed by atoms with E-state index in [4.69, 9.17) is 26.8 Å². The number of carbonyl (C=O) groups is 1. The Bertz CT molecular complexity index is 412. The van der Waals surface area contributed by atoms with Gasteiger partial charge >= 0.3 is 0 Å². The van der Waals surface area contributed by atoms with Crippen LogP contribution in [-0.2, 0) is 9.53 Å². The van der Waals surface area contributed by atoms with E-state index in [1.165, 1.54) is 0 Å². The Morgan fingerprint density at radius 3 is 2.94 bits per heavy atom. The molecule has 18 heavy (non-hydrogen) atoms. The van der Waals surface area contributed by atoms with Gasteiger partial charge < -0.3 is 20.5 Å². The number of ether oxygens (including phenoxy) is 2. The zero-order valence-corrected chi connectivity index (χ0v) is 11.2. The summed E-state index contributed by atoms with van der Waals surface area (Å²) >= 11 is 5.94. The fraction of sp³-hybridized carbons (Fsp3) is 0.417. The first-order valence-electron chi connectivity index (χ1n) is 5.53. The maximum atomic E-state index is 11.7. The average Bonchev–Trinajstić information content (AvgIpc) is 2.34. The smallest absolute Gasteiger partial charge is 0.260 e. The van der Waals surface area contributed by atoms with Crippen molar-refractivity contribution in [2.45, 2.75) is 13.0 Å². The van der Waals surface area contributed by atoms with Gasteiger partial charge in [0.2, 0.25) is 0 Å². The second-order valence-electron chi connectivity index (χ2n) is 3.73. The third kappa shape index (κ3) is 4.43. The summed E-state index contributed by atoms with van der Waals surface area (Å²) in [7, 11) is 1.57. The molecular formula is C12H17ClN2O3. The number of amides is 1. The van der Waals surface area contributed by atoms with Gasteiger partial charge in [-0.25, -0.2) is 0 Å². The van der Waals surface area contributed by atoms with E-state index < -0.39 is 6.10 Å². The monoisotopic (exact) mass is 272 g/mol. The number of benzene rings is 1. The van der Waals surface area contributed by atoms with Crippen molar-refractivity contribution >= 4 is 23.2 Å². The van der Waals surface area contributed by atoms with Crippen LogP contribution in [0.1, 0.15) is 6.92 Å². The van der Waals surface area contributed by atoms with E-state index in [1.54, 1.807) is 32.2 Å². The highest BCUT2D eigenvalue weighted by Gasteiger charge is 2.15. The van der Waals surface area contributed by atoms with Crippen LogP contribution in [0.3, 0.4) is 0 Å². The summed E-state index contributed by atoms with van der Waals surface area (Å²) in [6, 6.07) is 4.88. The zero-order valence-electron chi connectivity index (χ0n) is 10.4. The van der Waals surface area contributed by atoms with E-state index in [-0.39, 0.29) is 5.91 Å². The number of nitrogens with two attached hydrogens (primary N) is 1. The largest absolute Gasteiger partial charge is 0.479 e. The molecule has 0 saturated heterocycles. The van der Waals surface area contributed by atoms with Crippen LogP contribution in [0.2, 0.25) is 5.02 Å². The average molecular weight is 273 g/mol. The normalized spacial score (nSPS) is 11.9. The molecule has 1 amide bonds. The predicted octanol–water partition coefficient (Wildman–Crippen LogP) is 1.45. The molecule has 5 nitrogen and oxygen atoms in total. The number of rotatable bonds is 6. The topological polar surface area (TPSA) is 73.6 Å². The van der Waals surface area contributed by atoms with E-state index in [9.17, 15) is 4.79 Å². The van der Waals surface area contributed by atoms with E-state index in [1.807, 2.05) is 0 Å². The number of carbonyl (C=O) groups excluding carboxylic acids is 1. The number of anilines is 1. The van der Waals surface area contributed by atoms with Crippen LogP contribution >= 0.6 is 11.6 Å². The fourth-order valence-electron chi connectivity index (χ4n) is 1.27. The van der Waals surface area contributed by atoms with Gasteiger partial charge in [-0.2, -0.15) is 0 Å². The predicted molar refractivity (Wildman–Crippen MR) is 70.8 cm³/mol. The van der Waals surface area contributed by atoms with Crippen molar-refractivity contribution in [3.8, 4) is 5.75 Å². The molecule has 1 aromatic carbocycles. The van der Waals surface area contributed by atoms with Crippen LogP contribution in [0.15, 0.2) is 18.2 Å². The second kappa shape index (κ2) is 7.08. The minimum Gasteiger partial charge on any atom is -0.479 e. The van der Waals surface area contributed by atoms with Crippen LogP contribution in [0.4, 0.5) is 5.69 Å². The minimum absolute atomic E-state index is 0.231. The lowest BCUT2D eigenvalue weighted by Crippen LogP contribution is -2.37. The van der Waals surface area contributed by atoms with E-state index in [2.05, 4.69) is 5.32 Å². The van der Waals surface area contributed by atoms with E-state index >= 15 is 0 Å². The summed E-state index contributed by atoms with van der Waals surface area (Å²) in [5, 5.41) is 3.09. The molecule has 0 aliphatic carbocycles. The molecule has 0 aliphatic heterocycles. The van der Waals surface area contributed by atoms with Crippen molar-refractivity contribution in [2.24, 2.45) is 0 Å². The van der Waals surface area contributed by atoms with Crippen LogP contribution in [0.25, 0.3) is 0 Å². The first-order chi connectivity index (χ1) is 8.54. The lowest BCUT2D eigenvalue weighted by molar-refractivity contribution is -0.127. The highest BCUT2D eigenvalue weighted by atomic mass is 35.5. The summed E-state index contributed by atoms with van der Waals surface area (Å²) in [6.07, 6.45) is -0.652. The minimum atomic E-state index is -0.652. The quantitative estimate of drug-likeness (QED) is 0.607. The molecule has 1 atom stereocenters. The van der Waals surface area contributed by atoms with Gasteiger partial charge in [-0.3, -0.25) is 4.79 Å². The number of hydrogen-bond acceptors (Lipinski definition) is 4. The van der Waals surface area contributed by atoms with Crippen molar-refractivity contribution in [3.63, 3.8) is 0 Å². The number of halogens is 1. The molecule has 1 unspecified atom stereocenters. The summed E-state index contributed by atoms with van der Waals surface area (Å²) in [5.41, 5.74) is 6.15. The van der Waals surface area contributed by atoms with Crippen LogP contribution in [0, 0.1) is 0 Å². The molecule has 0 bridgehead atoms. The summed E-state index contributed by atoms with van der Waals surface area (Å²) in [4.78, 5) is 11.7. The highest BCUT2D eigenvalue weighted by Crippen LogP contribution is 2.27. The van der Waals surface area contributed by atoms with Gasteiger partial charge in [0.15, 0.2) is 6.10 Å². The van der Waals surface area contributed by atoms with Gasteiger partial charge in [0.25, 0.3) is 5.91 Å². The molecule has 3 N–H and O–H groups in total. The lowest BCUT2D eigenvalue weighted by Gasteiger charge is -2.15. The van der Waals surface area contributed by atoms with Crippen molar-refractivity contribution in [2.75, 3.05) is 26.0 Å². The number of methoxy groups -OCH3 is 1. The van der Waals surface area contributed by atoms with Crippen molar-refractivity contribution < 1.29 is 14.3 Å². The Hall–Kier alpha value is -1.46. The molecule has 0 spiro atoms. The molecule has 0 aromatic heterocycles. The molecule has 0 radical (unpaired) electrons. The molecule has 100 valence electrons. The Balaban J connectivity index is 2.55. The van der Waals surface area contributed by atoms with Crippen molar-refractivity contribution in [3.05, 3.63) is 23.2 Å². The lowest BCUT2D eigenvalue weighted by atomic mass is 10.3. The highest BCUT2D eigenvalue weighted by molar-refractivity contribution is 6.32. The molecule has 0 aliphatic rings. The Kier molecular flexibility index (Phi) is 5.74. The standard InChI is InChI=1S/C12H17ClN2O3/c1-8(12(16)15-5-6-17-2)18-11-7-9(14)3-4-10(11)13/h3-4,7-8H,5-6,14H2,1-2H3,(H,15,16). The second-order valence-corrected chi connectivity index (χ2v) is 4.14. The third-order valence-electron chi connectivity index (χ3n) is 2.23. The van der Waals surface area contributed by atoms with Gasteiger partial charge in [-0.1, -0.05) is 11.6 Å². The summed E-state index contributed by atoms with van der Waals surface area (Å²) in [6.45, 7) is 2.53. The molecular weight excluding hydrogens is 256 g/mol. The molecule has 6 heteroatoms. The first-order valence-corrected chi connectivity index (χ1v) is 5.90. The molecule has 0 heterocycles. The van der Waals surface area contributed by atoms with Gasteiger partial charge in [-0.05, 0) is 19.1 Å². The number of nitrogen functional groups attached to an aromatic ring is 1. The maximum absolute atomic E-state index is 11.7. The van der Waals surface area contributed by atoms with Crippen molar-refractivity contribution in [1.82, 2.24) is 5.32 Å². The summed E-state index contributed by atoms with van der Waals surface area (Å²) < 4.78 is 10.3. The molecule has 0 saturated carbocycles.